The Labute approximate surface area is 135 Å². The fourth-order valence-electron chi connectivity index (χ4n) is 2.92. The lowest BCUT2D eigenvalue weighted by molar-refractivity contribution is -0.132. The van der Waals surface area contributed by atoms with Gasteiger partial charge in [0.05, 0.1) is 17.0 Å². The third kappa shape index (κ3) is 3.40. The lowest BCUT2D eigenvalue weighted by Gasteiger charge is -2.32. The average Bonchev–Trinajstić information content (AvgIpc) is 3.16. The number of carbonyl (C=O) groups is 1. The number of aryl methyl sites for hydroxylation is 3. The van der Waals surface area contributed by atoms with Gasteiger partial charge < -0.3 is 9.32 Å². The van der Waals surface area contributed by atoms with E-state index in [4.69, 9.17) is 4.42 Å². The molecule has 0 N–H and O–H groups in total. The van der Waals surface area contributed by atoms with E-state index in [9.17, 15) is 4.79 Å². The number of amides is 1. The van der Waals surface area contributed by atoms with E-state index in [-0.39, 0.29) is 5.91 Å². The van der Waals surface area contributed by atoms with Crippen molar-refractivity contribution in [1.29, 1.82) is 0 Å². The number of hydrogen-bond donors (Lipinski definition) is 0. The molecule has 1 aliphatic rings. The maximum Gasteiger partial charge on any atom is 0.223 e. The summed E-state index contributed by atoms with van der Waals surface area (Å²) in [5.74, 6) is 1.51. The molecule has 4 nitrogen and oxygen atoms in total. The Kier molecular flexibility index (Phi) is 4.62. The van der Waals surface area contributed by atoms with Gasteiger partial charge in [-0.05, 0) is 38.8 Å². The molecule has 1 saturated heterocycles. The number of rotatable bonds is 4. The highest BCUT2D eigenvalue weighted by Gasteiger charge is 2.26. The highest BCUT2D eigenvalue weighted by molar-refractivity contribution is 7.11. The molecule has 2 aromatic heterocycles. The number of thiazole rings is 1. The topological polar surface area (TPSA) is 46.3 Å². The molecule has 1 fully saturated rings. The van der Waals surface area contributed by atoms with Crippen LogP contribution < -0.4 is 0 Å². The molecule has 1 amide bonds. The molecule has 1 atom stereocenters. The van der Waals surface area contributed by atoms with Crippen LogP contribution >= 0.6 is 11.3 Å². The Bertz CT molecular complexity index is 614. The molecule has 0 aromatic carbocycles. The third-order valence-corrected chi connectivity index (χ3v) is 5.57. The molecular formula is C17H22N2O2S. The van der Waals surface area contributed by atoms with Gasteiger partial charge in [-0.25, -0.2) is 4.98 Å². The van der Waals surface area contributed by atoms with Crippen LogP contribution in [-0.4, -0.2) is 28.9 Å². The Hall–Kier alpha value is -1.62. The summed E-state index contributed by atoms with van der Waals surface area (Å²) >= 11 is 1.78. The number of likely N-dealkylation sites (tertiary alicyclic amines) is 1. The molecule has 22 heavy (non-hydrogen) atoms. The number of hydrogen-bond acceptors (Lipinski definition) is 4. The minimum Gasteiger partial charge on any atom is -0.469 e. The van der Waals surface area contributed by atoms with Gasteiger partial charge in [-0.15, -0.1) is 11.3 Å². The van der Waals surface area contributed by atoms with Crippen molar-refractivity contribution < 1.29 is 9.21 Å². The fraction of sp³-hybridized carbons (Fsp3) is 0.529. The molecule has 0 spiro atoms. The van der Waals surface area contributed by atoms with Crippen molar-refractivity contribution >= 4 is 17.2 Å². The van der Waals surface area contributed by atoms with Crippen LogP contribution in [0.5, 0.6) is 0 Å². The van der Waals surface area contributed by atoms with E-state index in [0.29, 0.717) is 18.8 Å². The van der Waals surface area contributed by atoms with Crippen LogP contribution in [0.15, 0.2) is 22.8 Å². The van der Waals surface area contributed by atoms with Gasteiger partial charge in [0.15, 0.2) is 0 Å². The molecule has 118 valence electrons. The SMILES string of the molecule is Cc1nc([C@H]2CCCN(C(=O)CCc3ccco3)C2)sc1C. The van der Waals surface area contributed by atoms with Gasteiger partial charge in [0, 0.05) is 36.7 Å². The van der Waals surface area contributed by atoms with Gasteiger partial charge in [0.2, 0.25) is 5.91 Å². The third-order valence-electron chi connectivity index (χ3n) is 4.33. The lowest BCUT2D eigenvalue weighted by atomic mass is 9.98. The fourth-order valence-corrected chi connectivity index (χ4v) is 3.97. The Morgan fingerprint density at radius 1 is 1.50 bits per heavy atom. The van der Waals surface area contributed by atoms with Gasteiger partial charge in [-0.1, -0.05) is 0 Å². The minimum atomic E-state index is 0.228. The Balaban J connectivity index is 1.58. The van der Waals surface area contributed by atoms with Gasteiger partial charge in [-0.2, -0.15) is 0 Å². The summed E-state index contributed by atoms with van der Waals surface area (Å²) in [6, 6.07) is 3.79. The van der Waals surface area contributed by atoms with Gasteiger partial charge >= 0.3 is 0 Å². The number of furan rings is 1. The predicted octanol–water partition coefficient (Wildman–Crippen LogP) is 3.69. The van der Waals surface area contributed by atoms with Gasteiger partial charge in [0.25, 0.3) is 0 Å². The van der Waals surface area contributed by atoms with E-state index in [1.807, 2.05) is 17.0 Å². The molecule has 0 saturated carbocycles. The molecule has 0 radical (unpaired) electrons. The van der Waals surface area contributed by atoms with Crippen molar-refractivity contribution in [2.45, 2.75) is 45.4 Å². The maximum atomic E-state index is 12.4. The van der Waals surface area contributed by atoms with E-state index in [0.717, 1.165) is 37.4 Å². The Morgan fingerprint density at radius 2 is 2.36 bits per heavy atom. The molecule has 0 bridgehead atoms. The largest absolute Gasteiger partial charge is 0.469 e. The van der Waals surface area contributed by atoms with Crippen molar-refractivity contribution in [2.24, 2.45) is 0 Å². The van der Waals surface area contributed by atoms with Crippen LogP contribution in [0.4, 0.5) is 0 Å². The summed E-state index contributed by atoms with van der Waals surface area (Å²) in [6.07, 6.45) is 5.06. The number of nitrogens with zero attached hydrogens (tertiary/aromatic N) is 2. The van der Waals surface area contributed by atoms with Crippen molar-refractivity contribution in [1.82, 2.24) is 9.88 Å². The Morgan fingerprint density at radius 3 is 3.05 bits per heavy atom. The molecule has 1 aliphatic heterocycles. The van der Waals surface area contributed by atoms with Crippen molar-refractivity contribution in [3.8, 4) is 0 Å². The summed E-state index contributed by atoms with van der Waals surface area (Å²) in [7, 11) is 0. The highest BCUT2D eigenvalue weighted by Crippen LogP contribution is 2.31. The van der Waals surface area contributed by atoms with E-state index in [1.165, 1.54) is 9.88 Å². The molecular weight excluding hydrogens is 296 g/mol. The normalized spacial score (nSPS) is 18.6. The van der Waals surface area contributed by atoms with Crippen molar-refractivity contribution in [3.05, 3.63) is 39.7 Å². The molecule has 0 unspecified atom stereocenters. The van der Waals surface area contributed by atoms with E-state index in [1.54, 1.807) is 17.6 Å². The predicted molar refractivity (Wildman–Crippen MR) is 87.2 cm³/mol. The summed E-state index contributed by atoms with van der Waals surface area (Å²) in [6.45, 7) is 5.86. The number of aromatic nitrogens is 1. The summed E-state index contributed by atoms with van der Waals surface area (Å²) < 4.78 is 5.30. The lowest BCUT2D eigenvalue weighted by Crippen LogP contribution is -2.39. The second-order valence-corrected chi connectivity index (χ2v) is 7.19. The van der Waals surface area contributed by atoms with Crippen molar-refractivity contribution in [3.63, 3.8) is 0 Å². The minimum absolute atomic E-state index is 0.228. The second-order valence-electron chi connectivity index (χ2n) is 5.95. The second kappa shape index (κ2) is 6.65. The first-order valence-electron chi connectivity index (χ1n) is 7.87. The van der Waals surface area contributed by atoms with Crippen LogP contribution in [0.1, 0.15) is 46.5 Å². The van der Waals surface area contributed by atoms with Crippen molar-refractivity contribution in [2.75, 3.05) is 13.1 Å². The summed E-state index contributed by atoms with van der Waals surface area (Å²) in [5, 5.41) is 1.19. The zero-order valence-electron chi connectivity index (χ0n) is 13.2. The summed E-state index contributed by atoms with van der Waals surface area (Å²) in [5.41, 5.74) is 1.13. The summed E-state index contributed by atoms with van der Waals surface area (Å²) in [4.78, 5) is 20.4. The molecule has 2 aromatic rings. The van der Waals surface area contributed by atoms with Gasteiger partial charge in [-0.3, -0.25) is 4.79 Å². The monoisotopic (exact) mass is 318 g/mol. The van der Waals surface area contributed by atoms with Crippen LogP contribution in [0.3, 0.4) is 0 Å². The first-order chi connectivity index (χ1) is 10.6. The first kappa shape index (κ1) is 15.3. The van der Waals surface area contributed by atoms with Crippen LogP contribution in [0, 0.1) is 13.8 Å². The van der Waals surface area contributed by atoms with Crippen LogP contribution in [0.25, 0.3) is 0 Å². The standard InChI is InChI=1S/C17H22N2O2S/c1-12-13(2)22-17(18-12)14-5-3-9-19(11-14)16(20)8-7-15-6-4-10-21-15/h4,6,10,14H,3,5,7-9,11H2,1-2H3/t14-/m0/s1. The van der Waals surface area contributed by atoms with Crippen LogP contribution in [0.2, 0.25) is 0 Å². The maximum absolute atomic E-state index is 12.4. The first-order valence-corrected chi connectivity index (χ1v) is 8.69. The highest BCUT2D eigenvalue weighted by atomic mass is 32.1. The zero-order chi connectivity index (χ0) is 15.5. The number of piperidine rings is 1. The van der Waals surface area contributed by atoms with E-state index >= 15 is 0 Å². The number of carbonyl (C=O) groups excluding carboxylic acids is 1. The zero-order valence-corrected chi connectivity index (χ0v) is 14.0. The molecule has 5 heteroatoms. The smallest absolute Gasteiger partial charge is 0.223 e. The molecule has 3 rings (SSSR count). The average molecular weight is 318 g/mol. The molecule has 0 aliphatic carbocycles. The van der Waals surface area contributed by atoms with E-state index < -0.39 is 0 Å². The van der Waals surface area contributed by atoms with Gasteiger partial charge in [0.1, 0.15) is 5.76 Å². The quantitative estimate of drug-likeness (QED) is 0.863. The van der Waals surface area contributed by atoms with Crippen LogP contribution in [-0.2, 0) is 11.2 Å². The van der Waals surface area contributed by atoms with E-state index in [2.05, 4.69) is 18.8 Å². The molecule has 3 heterocycles.